The zero-order valence-corrected chi connectivity index (χ0v) is 10.0. The number of hydrogen-bond acceptors (Lipinski definition) is 5. The molecule has 0 aliphatic heterocycles. The molecule has 8 nitrogen and oxygen atoms in total. The lowest BCUT2D eigenvalue weighted by atomic mass is 10.4. The quantitative estimate of drug-likeness (QED) is 0.505. The third-order valence-corrected chi connectivity index (χ3v) is 1.45. The van der Waals surface area contributed by atoms with Crippen LogP contribution >= 0.6 is 0 Å². The van der Waals surface area contributed by atoms with Crippen molar-refractivity contribution in [1.29, 1.82) is 0 Å². The summed E-state index contributed by atoms with van der Waals surface area (Å²) in [6.45, 7) is 4.95. The highest BCUT2D eigenvalue weighted by atomic mass is 16.5. The molecule has 0 saturated heterocycles. The topological polar surface area (TPSA) is 127 Å². The van der Waals surface area contributed by atoms with Crippen molar-refractivity contribution in [2.45, 2.75) is 6.92 Å². The molecule has 0 spiro atoms. The molecule has 4 N–H and O–H groups in total. The van der Waals surface area contributed by atoms with E-state index in [1.807, 2.05) is 0 Å². The fraction of sp³-hybridized carbons (Fsp3) is 0.200. The van der Waals surface area contributed by atoms with Crippen molar-refractivity contribution in [3.63, 3.8) is 0 Å². The maximum atomic E-state index is 10.6. The molecule has 0 radical (unpaired) electrons. The molecule has 8 heteroatoms. The Labute approximate surface area is 103 Å². The summed E-state index contributed by atoms with van der Waals surface area (Å²) in [5.41, 5.74) is 4.85. The van der Waals surface area contributed by atoms with E-state index in [1.54, 1.807) is 6.92 Å². The van der Waals surface area contributed by atoms with Crippen LogP contribution in [0.3, 0.4) is 0 Å². The molecule has 2 amide bonds. The Bertz CT molecular complexity index is 495. The lowest BCUT2D eigenvalue weighted by Gasteiger charge is -1.96. The molecule has 0 aliphatic rings. The van der Waals surface area contributed by atoms with Crippen molar-refractivity contribution < 1.29 is 14.3 Å². The van der Waals surface area contributed by atoms with Gasteiger partial charge in [-0.2, -0.15) is 0 Å². The minimum Gasteiger partial charge on any atom is -0.466 e. The molecule has 98 valence electrons. The summed E-state index contributed by atoms with van der Waals surface area (Å²) >= 11 is 0. The molecular weight excluding hydrogens is 240 g/mol. The Hall–Kier alpha value is -2.64. The molecule has 0 aromatic carbocycles. The number of hydrogen-bond donors (Lipinski definition) is 3. The van der Waals surface area contributed by atoms with E-state index in [2.05, 4.69) is 26.6 Å². The summed E-state index contributed by atoms with van der Waals surface area (Å²) in [5.74, 6) is -0.301. The van der Waals surface area contributed by atoms with Crippen LogP contribution in [0.1, 0.15) is 6.92 Å². The number of aromatic amines is 1. The number of nitrogens with two attached hydrogens (primary N) is 1. The van der Waals surface area contributed by atoms with Gasteiger partial charge < -0.3 is 10.5 Å². The Kier molecular flexibility index (Phi) is 6.49. The normalized spacial score (nSPS) is 8.56. The molecule has 0 fully saturated rings. The van der Waals surface area contributed by atoms with Gasteiger partial charge in [0.15, 0.2) is 0 Å². The number of nitrogens with zero attached hydrogens (tertiary/aromatic N) is 1. The van der Waals surface area contributed by atoms with Gasteiger partial charge in [0, 0.05) is 17.8 Å². The van der Waals surface area contributed by atoms with Crippen molar-refractivity contribution in [2.24, 2.45) is 5.73 Å². The van der Waals surface area contributed by atoms with Crippen LogP contribution in [0.4, 0.5) is 10.7 Å². The van der Waals surface area contributed by atoms with E-state index in [0.717, 1.165) is 0 Å². The van der Waals surface area contributed by atoms with Gasteiger partial charge in [-0.05, 0) is 6.92 Å². The van der Waals surface area contributed by atoms with Crippen LogP contribution in [0.2, 0.25) is 0 Å². The number of methoxy groups -OCH3 is 1. The number of esters is 1. The number of carbonyl (C=O) groups excluding carboxylic acids is 2. The number of rotatable bonds is 2. The third kappa shape index (κ3) is 6.77. The SMILES string of the molecule is C=C(C)C(=O)OC.NC(=O)Nc1nccc(=O)[nH]1. The lowest BCUT2D eigenvalue weighted by Crippen LogP contribution is -2.22. The summed E-state index contributed by atoms with van der Waals surface area (Å²) in [7, 11) is 1.33. The van der Waals surface area contributed by atoms with E-state index in [0.29, 0.717) is 5.57 Å². The molecule has 1 rings (SSSR count). The van der Waals surface area contributed by atoms with Gasteiger partial charge in [-0.25, -0.2) is 14.6 Å². The van der Waals surface area contributed by atoms with E-state index in [9.17, 15) is 14.4 Å². The average molecular weight is 254 g/mol. The Morgan fingerprint density at radius 2 is 2.17 bits per heavy atom. The monoisotopic (exact) mass is 254 g/mol. The van der Waals surface area contributed by atoms with Crippen LogP contribution < -0.4 is 16.6 Å². The number of anilines is 1. The fourth-order valence-corrected chi connectivity index (χ4v) is 0.725. The number of primary amides is 1. The first-order valence-electron chi connectivity index (χ1n) is 4.72. The largest absolute Gasteiger partial charge is 0.466 e. The van der Waals surface area contributed by atoms with Gasteiger partial charge >= 0.3 is 12.0 Å². The number of nitrogens with one attached hydrogen (secondary N) is 2. The molecule has 0 atom stereocenters. The van der Waals surface area contributed by atoms with E-state index >= 15 is 0 Å². The highest BCUT2D eigenvalue weighted by Crippen LogP contribution is 1.88. The molecule has 0 aliphatic carbocycles. The summed E-state index contributed by atoms with van der Waals surface area (Å²) in [6, 6.07) is 0.464. The molecule has 0 saturated carbocycles. The minimum absolute atomic E-state index is 0.0463. The van der Waals surface area contributed by atoms with Gasteiger partial charge in [0.2, 0.25) is 5.95 Å². The first-order chi connectivity index (χ1) is 8.36. The highest BCUT2D eigenvalue weighted by Gasteiger charge is 1.96. The van der Waals surface area contributed by atoms with E-state index in [4.69, 9.17) is 5.73 Å². The number of H-pyrrole nitrogens is 1. The van der Waals surface area contributed by atoms with Gasteiger partial charge in [-0.15, -0.1) is 0 Å². The summed E-state index contributed by atoms with van der Waals surface area (Å²) in [5, 5.41) is 2.12. The summed E-state index contributed by atoms with van der Waals surface area (Å²) < 4.78 is 4.27. The smallest absolute Gasteiger partial charge is 0.332 e. The first kappa shape index (κ1) is 15.4. The molecule has 18 heavy (non-hydrogen) atoms. The Morgan fingerprint density at radius 1 is 1.56 bits per heavy atom. The van der Waals surface area contributed by atoms with Crippen LogP contribution in [0.15, 0.2) is 29.2 Å². The maximum Gasteiger partial charge on any atom is 0.332 e. The van der Waals surface area contributed by atoms with Crippen LogP contribution in [0, 0.1) is 0 Å². The molecule has 1 aromatic rings. The van der Waals surface area contributed by atoms with Gasteiger partial charge in [0.25, 0.3) is 5.56 Å². The van der Waals surface area contributed by atoms with Crippen LogP contribution in [-0.2, 0) is 9.53 Å². The number of amides is 2. The van der Waals surface area contributed by atoms with Crippen molar-refractivity contribution in [3.8, 4) is 0 Å². The van der Waals surface area contributed by atoms with Gasteiger partial charge in [0.05, 0.1) is 7.11 Å². The second-order valence-electron chi connectivity index (χ2n) is 3.04. The molecular formula is C10H14N4O4. The molecule has 1 aromatic heterocycles. The van der Waals surface area contributed by atoms with E-state index < -0.39 is 6.03 Å². The summed E-state index contributed by atoms with van der Waals surface area (Å²) in [4.78, 5) is 36.9. The molecule has 0 bridgehead atoms. The van der Waals surface area contributed by atoms with Gasteiger partial charge in [-0.3, -0.25) is 15.1 Å². The van der Waals surface area contributed by atoms with E-state index in [-0.39, 0.29) is 17.5 Å². The Balaban J connectivity index is 0.000000360. The van der Waals surface area contributed by atoms with Gasteiger partial charge in [0.1, 0.15) is 0 Å². The van der Waals surface area contributed by atoms with Crippen molar-refractivity contribution >= 4 is 17.9 Å². The third-order valence-electron chi connectivity index (χ3n) is 1.45. The van der Waals surface area contributed by atoms with Crippen molar-refractivity contribution in [3.05, 3.63) is 34.8 Å². The minimum atomic E-state index is -0.764. The number of ether oxygens (including phenoxy) is 1. The zero-order valence-electron chi connectivity index (χ0n) is 10.0. The Morgan fingerprint density at radius 3 is 2.50 bits per heavy atom. The van der Waals surface area contributed by atoms with Crippen LogP contribution in [-0.4, -0.2) is 29.1 Å². The second kappa shape index (κ2) is 7.60. The van der Waals surface area contributed by atoms with Gasteiger partial charge in [-0.1, -0.05) is 6.58 Å². The predicted octanol–water partition coefficient (Wildman–Crippen LogP) is -0.00400. The lowest BCUT2D eigenvalue weighted by molar-refractivity contribution is -0.136. The maximum absolute atomic E-state index is 10.6. The van der Waals surface area contributed by atoms with E-state index in [1.165, 1.54) is 19.4 Å². The van der Waals surface area contributed by atoms with Crippen molar-refractivity contribution in [1.82, 2.24) is 9.97 Å². The zero-order chi connectivity index (χ0) is 14.1. The average Bonchev–Trinajstić information content (AvgIpc) is 2.27. The van der Waals surface area contributed by atoms with Crippen LogP contribution in [0.5, 0.6) is 0 Å². The fourth-order valence-electron chi connectivity index (χ4n) is 0.725. The standard InChI is InChI=1S/C5H6N4O2.C5H8O2/c6-4(11)9-5-7-2-1-3(10)8-5;1-4(2)5(6)7-3/h1-2H,(H4,6,7,8,9,10,11);1H2,2-3H3. The number of aromatic nitrogens is 2. The molecule has 1 heterocycles. The number of urea groups is 1. The predicted molar refractivity (Wildman–Crippen MR) is 64.9 cm³/mol. The highest BCUT2D eigenvalue weighted by molar-refractivity contribution is 5.86. The first-order valence-corrected chi connectivity index (χ1v) is 4.72. The number of carbonyl (C=O) groups is 2. The summed E-state index contributed by atoms with van der Waals surface area (Å²) in [6.07, 6.45) is 1.27. The second-order valence-corrected chi connectivity index (χ2v) is 3.04. The molecule has 0 unspecified atom stereocenters. The van der Waals surface area contributed by atoms with Crippen LogP contribution in [0.25, 0.3) is 0 Å². The van der Waals surface area contributed by atoms with Crippen molar-refractivity contribution in [2.75, 3.05) is 12.4 Å².